The molecule has 2 aliphatic heterocycles. The molecule has 1 aromatic rings. The number of hydrogen-bond acceptors (Lipinski definition) is 8. The van der Waals surface area contributed by atoms with Crippen molar-refractivity contribution >= 4 is 35.7 Å². The molecule has 1 unspecified atom stereocenters. The average molecular weight is 388 g/mol. The van der Waals surface area contributed by atoms with E-state index in [-0.39, 0.29) is 18.0 Å². The van der Waals surface area contributed by atoms with Gasteiger partial charge >= 0.3 is 11.9 Å². The van der Waals surface area contributed by atoms with Crippen LogP contribution in [-0.4, -0.2) is 88.0 Å². The third kappa shape index (κ3) is 3.94. The van der Waals surface area contributed by atoms with Crippen LogP contribution in [0.3, 0.4) is 0 Å². The number of aromatic nitrogens is 2. The summed E-state index contributed by atoms with van der Waals surface area (Å²) in [6.07, 6.45) is 6.72. The Kier molecular flexibility index (Phi) is 5.72. The van der Waals surface area contributed by atoms with E-state index >= 15 is 0 Å². The molecule has 10 heteroatoms. The zero-order valence-corrected chi connectivity index (χ0v) is 16.4. The second-order valence-corrected chi connectivity index (χ2v) is 7.34. The van der Waals surface area contributed by atoms with Gasteiger partial charge in [-0.15, -0.1) is 0 Å². The number of carbonyl (C=O) groups is 2. The van der Waals surface area contributed by atoms with Gasteiger partial charge in [0.25, 0.3) is 0 Å². The van der Waals surface area contributed by atoms with E-state index in [4.69, 9.17) is 0 Å². The van der Waals surface area contributed by atoms with Gasteiger partial charge in [0.05, 0.1) is 20.3 Å². The number of likely N-dealkylation sites (N-methyl/N-ethyl adjacent to an activating group) is 1. The standard InChI is InChI=1S/C17H22N7O2S/c1-22-10-13(15(25)23(2)17(22)26)24-6-4-12(5-7-24)20-14-11(8-18)9-19-16(21-14)27-3/h9-10,12-13H,4-7H2,1-3H3,(H,19,20,21)/q+1. The van der Waals surface area contributed by atoms with Crippen molar-refractivity contribution < 1.29 is 14.2 Å². The molecule has 0 bridgehead atoms. The molecule has 142 valence electrons. The number of piperidine rings is 1. The Morgan fingerprint density at radius 1 is 1.37 bits per heavy atom. The first-order chi connectivity index (χ1) is 12.9. The molecule has 1 fully saturated rings. The SMILES string of the molecule is CSc1ncc(C#N)c(NC2CCN(C3C=[N+](C)C(=O)N(C)C3=O)CC2)n1. The molecule has 0 aromatic carbocycles. The van der Waals surface area contributed by atoms with Crippen molar-refractivity contribution in [2.24, 2.45) is 0 Å². The van der Waals surface area contributed by atoms with Crippen LogP contribution in [0.1, 0.15) is 18.4 Å². The van der Waals surface area contributed by atoms with E-state index in [0.717, 1.165) is 12.8 Å². The molecular formula is C17H22N7O2S+. The Morgan fingerprint density at radius 2 is 2.07 bits per heavy atom. The summed E-state index contributed by atoms with van der Waals surface area (Å²) in [6, 6.07) is 1.54. The number of carbonyl (C=O) groups excluding carboxylic acids is 2. The number of nitriles is 1. The van der Waals surface area contributed by atoms with Gasteiger partial charge < -0.3 is 5.32 Å². The number of rotatable bonds is 4. The van der Waals surface area contributed by atoms with Gasteiger partial charge in [0.15, 0.2) is 11.2 Å². The van der Waals surface area contributed by atoms with Crippen LogP contribution in [0.5, 0.6) is 0 Å². The van der Waals surface area contributed by atoms with Crippen LogP contribution in [0.25, 0.3) is 0 Å². The molecule has 1 atom stereocenters. The van der Waals surface area contributed by atoms with Gasteiger partial charge in [-0.05, 0) is 19.1 Å². The largest absolute Gasteiger partial charge is 0.500 e. The summed E-state index contributed by atoms with van der Waals surface area (Å²) in [6.45, 7) is 1.42. The van der Waals surface area contributed by atoms with Crippen LogP contribution in [0.2, 0.25) is 0 Å². The molecule has 3 rings (SSSR count). The van der Waals surface area contributed by atoms with Crippen molar-refractivity contribution in [1.29, 1.82) is 5.26 Å². The summed E-state index contributed by atoms with van der Waals surface area (Å²) in [5.74, 6) is 0.359. The fourth-order valence-electron chi connectivity index (χ4n) is 3.29. The molecule has 9 nitrogen and oxygen atoms in total. The minimum Gasteiger partial charge on any atom is -0.366 e. The van der Waals surface area contributed by atoms with Gasteiger partial charge in [0.1, 0.15) is 23.7 Å². The average Bonchev–Trinajstić information content (AvgIpc) is 2.69. The van der Waals surface area contributed by atoms with E-state index in [1.807, 2.05) is 6.26 Å². The van der Waals surface area contributed by atoms with Gasteiger partial charge in [0.2, 0.25) is 0 Å². The Bertz CT molecular complexity index is 827. The lowest BCUT2D eigenvalue weighted by molar-refractivity contribution is -0.401. The minimum absolute atomic E-state index is 0.161. The highest BCUT2D eigenvalue weighted by molar-refractivity contribution is 7.98. The van der Waals surface area contributed by atoms with Gasteiger partial charge in [-0.25, -0.2) is 19.3 Å². The third-order valence-electron chi connectivity index (χ3n) is 4.87. The first kappa shape index (κ1) is 19.3. The van der Waals surface area contributed by atoms with Crippen molar-refractivity contribution in [3.05, 3.63) is 11.8 Å². The smallest absolute Gasteiger partial charge is 0.366 e. The van der Waals surface area contributed by atoms with E-state index in [9.17, 15) is 14.9 Å². The first-order valence-corrected chi connectivity index (χ1v) is 9.88. The van der Waals surface area contributed by atoms with Crippen molar-refractivity contribution in [2.75, 3.05) is 38.8 Å². The number of likely N-dealkylation sites (tertiary alicyclic amines) is 1. The molecule has 1 aromatic heterocycles. The Balaban J connectivity index is 1.66. The highest BCUT2D eigenvalue weighted by Gasteiger charge is 2.42. The molecule has 2 aliphatic rings. The highest BCUT2D eigenvalue weighted by Crippen LogP contribution is 2.21. The number of urea groups is 1. The fourth-order valence-corrected chi connectivity index (χ4v) is 3.63. The van der Waals surface area contributed by atoms with Crippen LogP contribution in [0, 0.1) is 11.3 Å². The lowest BCUT2D eigenvalue weighted by atomic mass is 10.0. The lowest BCUT2D eigenvalue weighted by Crippen LogP contribution is -2.58. The number of nitrogens with one attached hydrogen (secondary N) is 1. The normalized spacial score (nSPS) is 21.8. The van der Waals surface area contributed by atoms with Gasteiger partial charge in [0, 0.05) is 19.1 Å². The van der Waals surface area contributed by atoms with E-state index in [2.05, 4.69) is 26.3 Å². The van der Waals surface area contributed by atoms with Gasteiger partial charge in [-0.2, -0.15) is 15.0 Å². The summed E-state index contributed by atoms with van der Waals surface area (Å²) >= 11 is 1.43. The van der Waals surface area contributed by atoms with Crippen molar-refractivity contribution in [3.8, 4) is 6.07 Å². The van der Waals surface area contributed by atoms with Crippen molar-refractivity contribution in [2.45, 2.75) is 30.1 Å². The van der Waals surface area contributed by atoms with E-state index < -0.39 is 6.04 Å². The summed E-state index contributed by atoms with van der Waals surface area (Å²) in [5, 5.41) is 13.2. The number of amides is 3. The molecule has 0 aliphatic carbocycles. The van der Waals surface area contributed by atoms with E-state index in [0.29, 0.717) is 29.6 Å². The molecule has 0 spiro atoms. The zero-order chi connectivity index (χ0) is 19.6. The summed E-state index contributed by atoms with van der Waals surface area (Å²) in [5.41, 5.74) is 0.424. The summed E-state index contributed by atoms with van der Waals surface area (Å²) < 4.78 is 1.46. The predicted molar refractivity (Wildman–Crippen MR) is 101 cm³/mol. The van der Waals surface area contributed by atoms with Gasteiger partial charge in [-0.3, -0.25) is 4.90 Å². The van der Waals surface area contributed by atoms with Crippen LogP contribution in [0.4, 0.5) is 10.6 Å². The van der Waals surface area contributed by atoms with Crippen molar-refractivity contribution in [3.63, 3.8) is 0 Å². The molecule has 3 heterocycles. The Morgan fingerprint density at radius 3 is 2.70 bits per heavy atom. The maximum Gasteiger partial charge on any atom is 0.500 e. The number of anilines is 1. The molecule has 27 heavy (non-hydrogen) atoms. The topological polar surface area (TPSA) is 105 Å². The molecule has 1 N–H and O–H groups in total. The zero-order valence-electron chi connectivity index (χ0n) is 15.5. The summed E-state index contributed by atoms with van der Waals surface area (Å²) in [7, 11) is 3.17. The second-order valence-electron chi connectivity index (χ2n) is 6.57. The van der Waals surface area contributed by atoms with E-state index in [1.165, 1.54) is 34.5 Å². The number of thioether (sulfide) groups is 1. The quantitative estimate of drug-likeness (QED) is 0.455. The van der Waals surface area contributed by atoms with Crippen LogP contribution in [0.15, 0.2) is 11.4 Å². The molecule has 3 amide bonds. The Hall–Kier alpha value is -2.51. The maximum atomic E-state index is 12.4. The van der Waals surface area contributed by atoms with Crippen LogP contribution in [-0.2, 0) is 4.79 Å². The second kappa shape index (κ2) is 8.02. The first-order valence-electron chi connectivity index (χ1n) is 8.65. The van der Waals surface area contributed by atoms with E-state index in [1.54, 1.807) is 13.3 Å². The molecule has 0 radical (unpaired) electrons. The lowest BCUT2D eigenvalue weighted by Gasteiger charge is -2.36. The number of imide groups is 1. The van der Waals surface area contributed by atoms with Crippen LogP contribution < -0.4 is 5.32 Å². The maximum absolute atomic E-state index is 12.4. The molecule has 0 saturated carbocycles. The monoisotopic (exact) mass is 388 g/mol. The predicted octanol–water partition coefficient (Wildman–Crippen LogP) is 0.620. The number of nitrogens with zero attached hydrogens (tertiary/aromatic N) is 6. The molecule has 1 saturated heterocycles. The molecular weight excluding hydrogens is 366 g/mol. The van der Waals surface area contributed by atoms with Gasteiger partial charge in [-0.1, -0.05) is 11.8 Å². The number of hydrogen-bond donors (Lipinski definition) is 1. The van der Waals surface area contributed by atoms with Crippen molar-refractivity contribution in [1.82, 2.24) is 19.8 Å². The Labute approximate surface area is 162 Å². The highest BCUT2D eigenvalue weighted by atomic mass is 32.2. The minimum atomic E-state index is -0.421. The van der Waals surface area contributed by atoms with Crippen LogP contribution >= 0.6 is 11.8 Å². The fraction of sp³-hybridized carbons (Fsp3) is 0.529. The third-order valence-corrected chi connectivity index (χ3v) is 5.43. The summed E-state index contributed by atoms with van der Waals surface area (Å²) in [4.78, 5) is 36.1.